The molecule has 0 aliphatic rings. The van der Waals surface area contributed by atoms with Gasteiger partial charge in [-0.25, -0.2) is 4.98 Å². The van der Waals surface area contributed by atoms with Crippen LogP contribution in [0.1, 0.15) is 12.5 Å². The van der Waals surface area contributed by atoms with Crippen LogP contribution in [0.15, 0.2) is 48.0 Å². The van der Waals surface area contributed by atoms with Crippen LogP contribution in [-0.2, 0) is 16.6 Å². The summed E-state index contributed by atoms with van der Waals surface area (Å²) in [6.07, 6.45) is 4.76. The number of fused-ring (bicyclic) bond motifs is 1. The van der Waals surface area contributed by atoms with E-state index in [0.717, 1.165) is 10.9 Å². The van der Waals surface area contributed by atoms with Gasteiger partial charge in [0.2, 0.25) is 5.16 Å². The number of aryl methyl sites for hydroxylation is 2. The third-order valence-electron chi connectivity index (χ3n) is 3.35. The van der Waals surface area contributed by atoms with Crippen LogP contribution < -0.4 is 4.72 Å². The predicted molar refractivity (Wildman–Crippen MR) is 85.2 cm³/mol. The molecule has 0 amide bonds. The Morgan fingerprint density at radius 1 is 1.23 bits per heavy atom. The summed E-state index contributed by atoms with van der Waals surface area (Å²) in [5.74, 6) is 0. The number of hydrogen-bond acceptors (Lipinski definition) is 4. The topological polar surface area (TPSA) is 76.9 Å². The molecule has 22 heavy (non-hydrogen) atoms. The molecule has 0 atom stereocenters. The molecular weight excluding hydrogens is 300 g/mol. The number of anilines is 1. The van der Waals surface area contributed by atoms with E-state index in [1.54, 1.807) is 23.0 Å². The fraction of sp³-hybridized carbons (Fsp3) is 0.200. The number of nitrogens with one attached hydrogen (secondary N) is 1. The third-order valence-corrected chi connectivity index (χ3v) is 4.66. The van der Waals surface area contributed by atoms with Gasteiger partial charge in [-0.3, -0.25) is 9.71 Å². The summed E-state index contributed by atoms with van der Waals surface area (Å²) < 4.78 is 29.3. The summed E-state index contributed by atoms with van der Waals surface area (Å²) in [6, 6.07) is 7.46. The van der Waals surface area contributed by atoms with Gasteiger partial charge in [-0.2, -0.15) is 8.42 Å². The number of hydrogen-bond donors (Lipinski definition) is 1. The molecule has 0 fully saturated rings. The Morgan fingerprint density at radius 2 is 2.05 bits per heavy atom. The highest BCUT2D eigenvalue weighted by molar-refractivity contribution is 7.92. The summed E-state index contributed by atoms with van der Waals surface area (Å²) in [4.78, 5) is 8.23. The molecule has 2 aromatic heterocycles. The Morgan fingerprint density at radius 3 is 2.82 bits per heavy atom. The van der Waals surface area contributed by atoms with Gasteiger partial charge in [-0.15, -0.1) is 0 Å². The van der Waals surface area contributed by atoms with Crippen LogP contribution in [0.3, 0.4) is 0 Å². The van der Waals surface area contributed by atoms with Crippen LogP contribution in [0.25, 0.3) is 10.9 Å². The fourth-order valence-electron chi connectivity index (χ4n) is 2.39. The zero-order valence-electron chi connectivity index (χ0n) is 12.3. The molecule has 0 radical (unpaired) electrons. The molecule has 1 aromatic carbocycles. The lowest BCUT2D eigenvalue weighted by molar-refractivity contribution is 0.574. The van der Waals surface area contributed by atoms with E-state index in [9.17, 15) is 8.42 Å². The maximum absolute atomic E-state index is 12.6. The van der Waals surface area contributed by atoms with Crippen molar-refractivity contribution in [1.82, 2.24) is 14.5 Å². The average molecular weight is 316 g/mol. The molecule has 0 spiro atoms. The van der Waals surface area contributed by atoms with Crippen LogP contribution in [0, 0.1) is 6.92 Å². The van der Waals surface area contributed by atoms with Gasteiger partial charge in [0.1, 0.15) is 0 Å². The van der Waals surface area contributed by atoms with Gasteiger partial charge < -0.3 is 4.57 Å². The Balaban J connectivity index is 2.10. The van der Waals surface area contributed by atoms with E-state index in [1.807, 2.05) is 32.0 Å². The number of imidazole rings is 1. The number of benzene rings is 1. The highest BCUT2D eigenvalue weighted by Crippen LogP contribution is 2.25. The molecule has 114 valence electrons. The molecule has 0 aliphatic heterocycles. The lowest BCUT2D eigenvalue weighted by atomic mass is 10.1. The SMILES string of the molecule is CCn1ccnc1S(=O)(=O)Nc1cc(C)cc2cccnc12. The number of aromatic nitrogens is 3. The van der Waals surface area contributed by atoms with Gasteiger partial charge in [0.25, 0.3) is 10.0 Å². The fourth-order valence-corrected chi connectivity index (χ4v) is 3.63. The molecule has 3 rings (SSSR count). The molecule has 3 aromatic rings. The van der Waals surface area contributed by atoms with Crippen LogP contribution in [0.5, 0.6) is 0 Å². The minimum atomic E-state index is -3.76. The second-order valence-corrected chi connectivity index (χ2v) is 6.57. The second-order valence-electron chi connectivity index (χ2n) is 4.99. The Bertz CT molecular complexity index is 932. The van der Waals surface area contributed by atoms with E-state index in [4.69, 9.17) is 0 Å². The van der Waals surface area contributed by atoms with E-state index < -0.39 is 10.0 Å². The zero-order valence-corrected chi connectivity index (χ0v) is 13.1. The highest BCUT2D eigenvalue weighted by Gasteiger charge is 2.21. The van der Waals surface area contributed by atoms with E-state index in [0.29, 0.717) is 17.7 Å². The molecule has 2 heterocycles. The monoisotopic (exact) mass is 316 g/mol. The molecule has 0 saturated carbocycles. The summed E-state index contributed by atoms with van der Waals surface area (Å²) in [7, 11) is -3.76. The minimum absolute atomic E-state index is 0.000544. The maximum Gasteiger partial charge on any atom is 0.295 e. The average Bonchev–Trinajstić information content (AvgIpc) is 2.96. The van der Waals surface area contributed by atoms with Gasteiger partial charge in [0.15, 0.2) is 0 Å². The molecule has 0 bridgehead atoms. The van der Waals surface area contributed by atoms with E-state index in [1.165, 1.54) is 6.20 Å². The van der Waals surface area contributed by atoms with Crippen molar-refractivity contribution in [2.45, 2.75) is 25.5 Å². The lowest BCUT2D eigenvalue weighted by Gasteiger charge is -2.11. The second kappa shape index (κ2) is 5.42. The van der Waals surface area contributed by atoms with Crippen molar-refractivity contribution in [2.75, 3.05) is 4.72 Å². The van der Waals surface area contributed by atoms with Crippen LogP contribution in [-0.4, -0.2) is 23.0 Å². The van der Waals surface area contributed by atoms with Crippen molar-refractivity contribution in [3.63, 3.8) is 0 Å². The minimum Gasteiger partial charge on any atom is -0.321 e. The molecule has 7 heteroatoms. The first kappa shape index (κ1) is 14.5. The first-order chi connectivity index (χ1) is 10.5. The van der Waals surface area contributed by atoms with Crippen molar-refractivity contribution in [3.8, 4) is 0 Å². The maximum atomic E-state index is 12.6. The standard InChI is InChI=1S/C15H16N4O2S/c1-3-19-8-7-17-15(19)22(20,21)18-13-10-11(2)9-12-5-4-6-16-14(12)13/h4-10,18H,3H2,1-2H3. The Kier molecular flexibility index (Phi) is 3.58. The van der Waals surface area contributed by atoms with Gasteiger partial charge >= 0.3 is 0 Å². The molecule has 6 nitrogen and oxygen atoms in total. The first-order valence-electron chi connectivity index (χ1n) is 6.90. The summed E-state index contributed by atoms with van der Waals surface area (Å²) >= 11 is 0. The quantitative estimate of drug-likeness (QED) is 0.802. The largest absolute Gasteiger partial charge is 0.321 e. The number of nitrogens with zero attached hydrogens (tertiary/aromatic N) is 3. The van der Waals surface area contributed by atoms with E-state index in [2.05, 4.69) is 14.7 Å². The lowest BCUT2D eigenvalue weighted by Crippen LogP contribution is -2.18. The van der Waals surface area contributed by atoms with Crippen molar-refractivity contribution in [2.24, 2.45) is 0 Å². The van der Waals surface area contributed by atoms with Crippen LogP contribution >= 0.6 is 0 Å². The van der Waals surface area contributed by atoms with Crippen LogP contribution in [0.4, 0.5) is 5.69 Å². The van der Waals surface area contributed by atoms with Gasteiger partial charge in [-0.05, 0) is 37.6 Å². The molecule has 0 unspecified atom stereocenters. The van der Waals surface area contributed by atoms with Gasteiger partial charge in [0, 0.05) is 30.5 Å². The van der Waals surface area contributed by atoms with Crippen LogP contribution in [0.2, 0.25) is 0 Å². The van der Waals surface area contributed by atoms with E-state index >= 15 is 0 Å². The molecule has 0 aliphatic carbocycles. The summed E-state index contributed by atoms with van der Waals surface area (Å²) in [5, 5.41) is 0.889. The number of sulfonamides is 1. The molecular formula is C15H16N4O2S. The third kappa shape index (κ3) is 2.55. The Hall–Kier alpha value is -2.41. The highest BCUT2D eigenvalue weighted by atomic mass is 32.2. The van der Waals surface area contributed by atoms with Crippen molar-refractivity contribution in [3.05, 3.63) is 48.4 Å². The van der Waals surface area contributed by atoms with Crippen molar-refractivity contribution in [1.29, 1.82) is 0 Å². The van der Waals surface area contributed by atoms with E-state index in [-0.39, 0.29) is 5.16 Å². The normalized spacial score (nSPS) is 11.7. The van der Waals surface area contributed by atoms with Crippen molar-refractivity contribution < 1.29 is 8.42 Å². The number of rotatable bonds is 4. The van der Waals surface area contributed by atoms with Gasteiger partial charge in [0.05, 0.1) is 11.2 Å². The zero-order chi connectivity index (χ0) is 15.7. The van der Waals surface area contributed by atoms with Gasteiger partial charge in [-0.1, -0.05) is 6.07 Å². The first-order valence-corrected chi connectivity index (χ1v) is 8.39. The molecule has 0 saturated heterocycles. The Labute approximate surface area is 128 Å². The predicted octanol–water partition coefficient (Wildman–Crippen LogP) is 2.56. The number of pyridine rings is 1. The van der Waals surface area contributed by atoms with Crippen molar-refractivity contribution >= 4 is 26.6 Å². The molecule has 1 N–H and O–H groups in total. The summed E-state index contributed by atoms with van der Waals surface area (Å²) in [6.45, 7) is 4.31. The smallest absolute Gasteiger partial charge is 0.295 e. The summed E-state index contributed by atoms with van der Waals surface area (Å²) in [5.41, 5.74) is 2.03.